The third kappa shape index (κ3) is 3.40. The molecule has 0 aliphatic rings. The first kappa shape index (κ1) is 13.9. The van der Waals surface area contributed by atoms with Crippen LogP contribution in [0.3, 0.4) is 0 Å². The fourth-order valence-electron chi connectivity index (χ4n) is 1.09. The molecule has 0 aliphatic heterocycles. The van der Waals surface area contributed by atoms with E-state index in [1.165, 1.54) is 11.3 Å². The minimum Gasteiger partial charge on any atom is -0.339 e. The first-order valence-electron chi connectivity index (χ1n) is 4.53. The van der Waals surface area contributed by atoms with E-state index in [0.717, 1.165) is 0 Å². The van der Waals surface area contributed by atoms with E-state index in [2.05, 4.69) is 37.2 Å². The molecular weight excluding hydrogens is 358 g/mol. The predicted octanol–water partition coefficient (Wildman–Crippen LogP) is 2.94. The monoisotopic (exact) mass is 367 g/mol. The van der Waals surface area contributed by atoms with Crippen molar-refractivity contribution in [3.63, 3.8) is 0 Å². The molecule has 0 aliphatic carbocycles. The molecule has 1 heterocycles. The van der Waals surface area contributed by atoms with Crippen molar-refractivity contribution < 1.29 is 9.59 Å². The van der Waals surface area contributed by atoms with Gasteiger partial charge in [0.05, 0.1) is 10.4 Å². The Bertz CT molecular complexity index is 388. The number of rotatable bonds is 4. The fourth-order valence-corrected chi connectivity index (χ4v) is 2.85. The van der Waals surface area contributed by atoms with Crippen LogP contribution in [-0.4, -0.2) is 21.0 Å². The molecule has 0 bridgehead atoms. The van der Waals surface area contributed by atoms with E-state index in [9.17, 15) is 9.59 Å². The predicted molar refractivity (Wildman–Crippen MR) is 72.5 cm³/mol. The summed E-state index contributed by atoms with van der Waals surface area (Å²) in [7, 11) is 0. The molecule has 0 atom stereocenters. The summed E-state index contributed by atoms with van der Waals surface area (Å²) in [6.07, 6.45) is 0. The van der Waals surface area contributed by atoms with Crippen molar-refractivity contribution in [3.8, 4) is 0 Å². The van der Waals surface area contributed by atoms with Gasteiger partial charge in [0.1, 0.15) is 3.74 Å². The van der Waals surface area contributed by atoms with Crippen LogP contribution in [0.4, 0.5) is 0 Å². The van der Waals surface area contributed by atoms with Crippen LogP contribution in [0.5, 0.6) is 0 Å². The number of thiophene rings is 1. The SMILES string of the molecule is CC(C)(NC(=O)c1cccs1)C(=O)C(Br)Br. The highest BCUT2D eigenvalue weighted by atomic mass is 79.9. The second-order valence-corrected chi connectivity index (χ2v) is 7.73. The minimum atomic E-state index is -0.904. The van der Waals surface area contributed by atoms with Crippen molar-refractivity contribution in [2.45, 2.75) is 23.1 Å². The van der Waals surface area contributed by atoms with Gasteiger partial charge in [-0.3, -0.25) is 9.59 Å². The van der Waals surface area contributed by atoms with Gasteiger partial charge in [-0.05, 0) is 25.3 Å². The summed E-state index contributed by atoms with van der Waals surface area (Å²) in [5.41, 5.74) is -0.904. The lowest BCUT2D eigenvalue weighted by Crippen LogP contribution is -2.51. The molecule has 0 unspecified atom stereocenters. The van der Waals surface area contributed by atoms with Crippen molar-refractivity contribution in [2.75, 3.05) is 0 Å². The summed E-state index contributed by atoms with van der Waals surface area (Å²) < 4.78 is -0.460. The topological polar surface area (TPSA) is 46.2 Å². The Morgan fingerprint density at radius 1 is 1.44 bits per heavy atom. The van der Waals surface area contributed by atoms with Gasteiger partial charge in [-0.1, -0.05) is 37.9 Å². The van der Waals surface area contributed by atoms with Gasteiger partial charge in [-0.2, -0.15) is 0 Å². The number of halogens is 2. The van der Waals surface area contributed by atoms with E-state index in [-0.39, 0.29) is 11.7 Å². The van der Waals surface area contributed by atoms with Gasteiger partial charge in [-0.25, -0.2) is 0 Å². The van der Waals surface area contributed by atoms with Crippen molar-refractivity contribution in [1.82, 2.24) is 5.32 Å². The fraction of sp³-hybridized carbons (Fsp3) is 0.400. The van der Waals surface area contributed by atoms with Crippen molar-refractivity contribution >= 4 is 54.9 Å². The zero-order valence-electron chi connectivity index (χ0n) is 8.79. The van der Waals surface area contributed by atoms with Gasteiger partial charge in [0.15, 0.2) is 5.78 Å². The van der Waals surface area contributed by atoms with Crippen molar-refractivity contribution in [3.05, 3.63) is 22.4 Å². The van der Waals surface area contributed by atoms with Crippen LogP contribution < -0.4 is 5.32 Å². The maximum absolute atomic E-state index is 11.8. The second kappa shape index (κ2) is 5.42. The van der Waals surface area contributed by atoms with Gasteiger partial charge in [0, 0.05) is 0 Å². The number of amides is 1. The molecule has 1 aromatic rings. The number of ketones is 1. The molecule has 0 saturated heterocycles. The first-order valence-corrected chi connectivity index (χ1v) is 7.24. The number of Topliss-reactive ketones (excluding diaryl/α,β-unsaturated/α-hetero) is 1. The number of alkyl halides is 2. The van der Waals surface area contributed by atoms with Gasteiger partial charge >= 0.3 is 0 Å². The minimum absolute atomic E-state index is 0.127. The smallest absolute Gasteiger partial charge is 0.262 e. The van der Waals surface area contributed by atoms with Crippen LogP contribution in [-0.2, 0) is 4.79 Å². The summed E-state index contributed by atoms with van der Waals surface area (Å²) in [6, 6.07) is 3.52. The molecule has 0 aromatic carbocycles. The van der Waals surface area contributed by atoms with Crippen molar-refractivity contribution in [2.24, 2.45) is 0 Å². The molecule has 1 aromatic heterocycles. The zero-order valence-corrected chi connectivity index (χ0v) is 12.8. The third-order valence-corrected chi connectivity index (χ3v) is 3.69. The van der Waals surface area contributed by atoms with Crippen LogP contribution in [0.2, 0.25) is 0 Å². The Balaban J connectivity index is 2.73. The molecule has 0 radical (unpaired) electrons. The number of carbonyl (C=O) groups is 2. The lowest BCUT2D eigenvalue weighted by atomic mass is 10.0. The Hall–Kier alpha value is -0.200. The number of hydrogen-bond donors (Lipinski definition) is 1. The number of carbonyl (C=O) groups excluding carboxylic acids is 2. The van der Waals surface area contributed by atoms with Crippen LogP contribution in [0.15, 0.2) is 17.5 Å². The van der Waals surface area contributed by atoms with E-state index in [1.54, 1.807) is 26.0 Å². The third-order valence-electron chi connectivity index (χ3n) is 1.99. The van der Waals surface area contributed by atoms with Crippen LogP contribution in [0, 0.1) is 0 Å². The largest absolute Gasteiger partial charge is 0.339 e. The van der Waals surface area contributed by atoms with E-state index in [4.69, 9.17) is 0 Å². The standard InChI is InChI=1S/C10H11Br2NO2S/c1-10(2,7(14)8(11)12)13-9(15)6-4-3-5-16-6/h3-5,8H,1-2H3,(H,13,15). The van der Waals surface area contributed by atoms with E-state index in [0.29, 0.717) is 4.88 Å². The van der Waals surface area contributed by atoms with Crippen molar-refractivity contribution in [1.29, 1.82) is 0 Å². The highest BCUT2D eigenvalue weighted by Gasteiger charge is 2.33. The molecule has 3 nitrogen and oxygen atoms in total. The van der Waals surface area contributed by atoms with Gasteiger partial charge < -0.3 is 5.32 Å². The zero-order chi connectivity index (χ0) is 12.3. The molecule has 1 N–H and O–H groups in total. The molecule has 0 saturated carbocycles. The normalized spacial score (nSPS) is 11.6. The molecule has 6 heteroatoms. The van der Waals surface area contributed by atoms with E-state index >= 15 is 0 Å². The lowest BCUT2D eigenvalue weighted by molar-refractivity contribution is -0.121. The van der Waals surface area contributed by atoms with Crippen LogP contribution >= 0.6 is 43.2 Å². The molecule has 0 fully saturated rings. The number of hydrogen-bond acceptors (Lipinski definition) is 3. The summed E-state index contributed by atoms with van der Waals surface area (Å²) in [6.45, 7) is 3.35. The molecule has 88 valence electrons. The van der Waals surface area contributed by atoms with E-state index < -0.39 is 9.28 Å². The molecule has 1 amide bonds. The Morgan fingerprint density at radius 3 is 2.50 bits per heavy atom. The molecule has 16 heavy (non-hydrogen) atoms. The first-order chi connectivity index (χ1) is 7.34. The maximum Gasteiger partial charge on any atom is 0.262 e. The summed E-state index contributed by atoms with van der Waals surface area (Å²) >= 11 is 7.61. The van der Waals surface area contributed by atoms with Crippen LogP contribution in [0.1, 0.15) is 23.5 Å². The summed E-state index contributed by atoms with van der Waals surface area (Å²) in [5.74, 6) is -0.355. The Kier molecular flexibility index (Phi) is 4.70. The summed E-state index contributed by atoms with van der Waals surface area (Å²) in [4.78, 5) is 24.1. The molecule has 1 rings (SSSR count). The average molecular weight is 369 g/mol. The highest BCUT2D eigenvalue weighted by Crippen LogP contribution is 2.19. The van der Waals surface area contributed by atoms with Gasteiger partial charge in [0.2, 0.25) is 0 Å². The average Bonchev–Trinajstić information content (AvgIpc) is 2.68. The maximum atomic E-state index is 11.8. The second-order valence-electron chi connectivity index (χ2n) is 3.72. The van der Waals surface area contributed by atoms with Crippen LogP contribution in [0.25, 0.3) is 0 Å². The van der Waals surface area contributed by atoms with Gasteiger partial charge in [-0.15, -0.1) is 11.3 Å². The Labute approximate surface area is 115 Å². The quantitative estimate of drug-likeness (QED) is 0.830. The summed E-state index contributed by atoms with van der Waals surface area (Å²) in [5, 5.41) is 4.52. The van der Waals surface area contributed by atoms with E-state index in [1.807, 2.05) is 5.38 Å². The lowest BCUT2D eigenvalue weighted by Gasteiger charge is -2.25. The molecular formula is C10H11Br2NO2S. The molecule has 0 spiro atoms. The highest BCUT2D eigenvalue weighted by molar-refractivity contribution is 9.25. The Morgan fingerprint density at radius 2 is 2.06 bits per heavy atom. The number of nitrogens with one attached hydrogen (secondary N) is 1. The van der Waals surface area contributed by atoms with Gasteiger partial charge in [0.25, 0.3) is 5.91 Å².